The molecular weight excluding hydrogens is 252 g/mol. The zero-order valence-corrected chi connectivity index (χ0v) is 11.5. The first-order valence-electron chi connectivity index (χ1n) is 5.74. The number of nitrogens with one attached hydrogen (secondary N) is 2. The van der Waals surface area contributed by atoms with Gasteiger partial charge in [0, 0.05) is 4.88 Å². The number of rotatable bonds is 5. The van der Waals surface area contributed by atoms with Crippen LogP contribution in [0.4, 0.5) is 4.79 Å². The highest BCUT2D eigenvalue weighted by Crippen LogP contribution is 2.18. The number of urea groups is 1. The van der Waals surface area contributed by atoms with Crippen LogP contribution >= 0.6 is 11.3 Å². The second-order valence-corrected chi connectivity index (χ2v) is 5.31. The van der Waals surface area contributed by atoms with E-state index in [2.05, 4.69) is 10.6 Å². The van der Waals surface area contributed by atoms with Crippen LogP contribution < -0.4 is 10.6 Å². The fourth-order valence-corrected chi connectivity index (χ4v) is 2.12. The van der Waals surface area contributed by atoms with E-state index in [0.717, 1.165) is 4.88 Å². The Bertz CT molecular complexity index is 419. The number of carbonyl (C=O) groups excluding carboxylic acids is 1. The highest BCUT2D eigenvalue weighted by Gasteiger charge is 2.33. The van der Waals surface area contributed by atoms with Gasteiger partial charge in [-0.2, -0.15) is 0 Å². The zero-order valence-electron chi connectivity index (χ0n) is 10.7. The predicted octanol–water partition coefficient (Wildman–Crippen LogP) is 2.36. The van der Waals surface area contributed by atoms with Crippen molar-refractivity contribution in [3.05, 3.63) is 22.4 Å². The Labute approximate surface area is 110 Å². The Morgan fingerprint density at radius 1 is 1.56 bits per heavy atom. The molecule has 2 amide bonds. The van der Waals surface area contributed by atoms with Gasteiger partial charge in [0.25, 0.3) is 0 Å². The van der Waals surface area contributed by atoms with Gasteiger partial charge in [-0.05, 0) is 31.7 Å². The fourth-order valence-electron chi connectivity index (χ4n) is 1.39. The van der Waals surface area contributed by atoms with Crippen molar-refractivity contribution in [2.24, 2.45) is 0 Å². The largest absolute Gasteiger partial charge is 0.480 e. The molecule has 0 radical (unpaired) electrons. The van der Waals surface area contributed by atoms with Crippen LogP contribution in [0.15, 0.2) is 17.5 Å². The van der Waals surface area contributed by atoms with Crippen LogP contribution in [0.2, 0.25) is 0 Å². The molecule has 0 fully saturated rings. The van der Waals surface area contributed by atoms with Crippen LogP contribution in [0.3, 0.4) is 0 Å². The SMILES string of the molecule is CCC(C)(NC(=O)NC(C)c1cccs1)C(=O)O. The summed E-state index contributed by atoms with van der Waals surface area (Å²) >= 11 is 1.54. The number of carbonyl (C=O) groups is 2. The molecule has 3 N–H and O–H groups in total. The Kier molecular flexibility index (Phi) is 4.72. The molecule has 0 aliphatic heterocycles. The molecule has 0 saturated carbocycles. The number of aliphatic carboxylic acids is 1. The molecule has 1 heterocycles. The van der Waals surface area contributed by atoms with Crippen molar-refractivity contribution in [2.75, 3.05) is 0 Å². The second-order valence-electron chi connectivity index (χ2n) is 4.33. The maximum absolute atomic E-state index is 11.7. The Hall–Kier alpha value is -1.56. The lowest BCUT2D eigenvalue weighted by Gasteiger charge is -2.25. The molecule has 0 aliphatic rings. The maximum Gasteiger partial charge on any atom is 0.329 e. The van der Waals surface area contributed by atoms with E-state index in [0.29, 0.717) is 6.42 Å². The molecule has 0 aliphatic carbocycles. The number of hydrogen-bond donors (Lipinski definition) is 3. The topological polar surface area (TPSA) is 78.4 Å². The minimum Gasteiger partial charge on any atom is -0.480 e. The third-order valence-corrected chi connectivity index (χ3v) is 3.94. The van der Waals surface area contributed by atoms with Gasteiger partial charge >= 0.3 is 12.0 Å². The van der Waals surface area contributed by atoms with Crippen molar-refractivity contribution in [1.29, 1.82) is 0 Å². The van der Waals surface area contributed by atoms with E-state index in [4.69, 9.17) is 5.11 Å². The van der Waals surface area contributed by atoms with Crippen molar-refractivity contribution in [1.82, 2.24) is 10.6 Å². The van der Waals surface area contributed by atoms with Gasteiger partial charge in [-0.25, -0.2) is 9.59 Å². The van der Waals surface area contributed by atoms with Crippen LogP contribution in [0.5, 0.6) is 0 Å². The highest BCUT2D eigenvalue weighted by molar-refractivity contribution is 7.10. The second kappa shape index (κ2) is 5.86. The van der Waals surface area contributed by atoms with E-state index in [-0.39, 0.29) is 6.04 Å². The summed E-state index contributed by atoms with van der Waals surface area (Å²) in [4.78, 5) is 23.8. The summed E-state index contributed by atoms with van der Waals surface area (Å²) in [5, 5.41) is 16.2. The van der Waals surface area contributed by atoms with Gasteiger partial charge in [0.2, 0.25) is 0 Å². The minimum absolute atomic E-state index is 0.139. The standard InChI is InChI=1S/C12H18N2O3S/c1-4-12(3,10(15)16)14-11(17)13-8(2)9-6-5-7-18-9/h5-8H,4H2,1-3H3,(H,15,16)(H2,13,14,17). The smallest absolute Gasteiger partial charge is 0.329 e. The Morgan fingerprint density at radius 2 is 2.22 bits per heavy atom. The molecule has 2 atom stereocenters. The summed E-state index contributed by atoms with van der Waals surface area (Å²) in [6.45, 7) is 5.07. The molecule has 100 valence electrons. The van der Waals surface area contributed by atoms with Gasteiger partial charge in [-0.15, -0.1) is 11.3 Å². The third kappa shape index (κ3) is 3.46. The van der Waals surface area contributed by atoms with Crippen LogP contribution in [0.25, 0.3) is 0 Å². The van der Waals surface area contributed by atoms with Crippen molar-refractivity contribution >= 4 is 23.3 Å². The number of thiophene rings is 1. The molecule has 18 heavy (non-hydrogen) atoms. The summed E-state index contributed by atoms with van der Waals surface area (Å²) < 4.78 is 0. The van der Waals surface area contributed by atoms with Crippen molar-refractivity contribution in [3.63, 3.8) is 0 Å². The number of carboxylic acids is 1. The van der Waals surface area contributed by atoms with Gasteiger partial charge in [0.1, 0.15) is 5.54 Å². The normalized spacial score (nSPS) is 15.5. The van der Waals surface area contributed by atoms with E-state index < -0.39 is 17.5 Å². The van der Waals surface area contributed by atoms with Gasteiger partial charge < -0.3 is 15.7 Å². The lowest BCUT2D eigenvalue weighted by molar-refractivity contribution is -0.143. The molecule has 1 aromatic heterocycles. The van der Waals surface area contributed by atoms with Gasteiger partial charge in [0.05, 0.1) is 6.04 Å². The van der Waals surface area contributed by atoms with Crippen molar-refractivity contribution in [2.45, 2.75) is 38.8 Å². The molecule has 1 rings (SSSR count). The Morgan fingerprint density at radius 3 is 2.67 bits per heavy atom. The van der Waals surface area contributed by atoms with Crippen molar-refractivity contribution < 1.29 is 14.7 Å². The van der Waals surface area contributed by atoms with Crippen LogP contribution in [0.1, 0.15) is 38.1 Å². The van der Waals surface area contributed by atoms with E-state index >= 15 is 0 Å². The average Bonchev–Trinajstić information content (AvgIpc) is 2.81. The maximum atomic E-state index is 11.7. The average molecular weight is 270 g/mol. The van der Waals surface area contributed by atoms with E-state index in [1.807, 2.05) is 24.4 Å². The molecule has 0 saturated heterocycles. The third-order valence-electron chi connectivity index (χ3n) is 2.89. The molecule has 0 bridgehead atoms. The van der Waals surface area contributed by atoms with Crippen LogP contribution in [-0.4, -0.2) is 22.6 Å². The van der Waals surface area contributed by atoms with Crippen molar-refractivity contribution in [3.8, 4) is 0 Å². The predicted molar refractivity (Wildman–Crippen MR) is 70.7 cm³/mol. The molecule has 1 aromatic rings. The van der Waals surface area contributed by atoms with Crippen LogP contribution in [-0.2, 0) is 4.79 Å². The highest BCUT2D eigenvalue weighted by atomic mass is 32.1. The summed E-state index contributed by atoms with van der Waals surface area (Å²) in [6, 6.07) is 3.22. The summed E-state index contributed by atoms with van der Waals surface area (Å²) in [6.07, 6.45) is 0.323. The zero-order chi connectivity index (χ0) is 13.8. The Balaban J connectivity index is 2.59. The summed E-state index contributed by atoms with van der Waals surface area (Å²) in [5.41, 5.74) is -1.24. The quantitative estimate of drug-likeness (QED) is 0.768. The first kappa shape index (κ1) is 14.5. The van der Waals surface area contributed by atoms with E-state index in [9.17, 15) is 9.59 Å². The summed E-state index contributed by atoms with van der Waals surface area (Å²) in [7, 11) is 0. The van der Waals surface area contributed by atoms with Crippen LogP contribution in [0, 0.1) is 0 Å². The number of hydrogen-bond acceptors (Lipinski definition) is 3. The van der Waals surface area contributed by atoms with E-state index in [1.54, 1.807) is 18.3 Å². The molecular formula is C12H18N2O3S. The minimum atomic E-state index is -1.24. The summed E-state index contributed by atoms with van der Waals surface area (Å²) in [5.74, 6) is -1.04. The molecule has 0 aromatic carbocycles. The molecule has 0 spiro atoms. The van der Waals surface area contributed by atoms with E-state index in [1.165, 1.54) is 6.92 Å². The van der Waals surface area contributed by atoms with Gasteiger partial charge in [-0.3, -0.25) is 0 Å². The molecule has 2 unspecified atom stereocenters. The monoisotopic (exact) mass is 270 g/mol. The molecule has 6 heteroatoms. The fraction of sp³-hybridized carbons (Fsp3) is 0.500. The first-order valence-corrected chi connectivity index (χ1v) is 6.62. The molecule has 5 nitrogen and oxygen atoms in total. The number of amides is 2. The lowest BCUT2D eigenvalue weighted by atomic mass is 10.00. The van der Waals surface area contributed by atoms with Gasteiger partial charge in [0.15, 0.2) is 0 Å². The van der Waals surface area contributed by atoms with Gasteiger partial charge in [-0.1, -0.05) is 13.0 Å². The number of carboxylic acid groups (broad SMARTS) is 1. The first-order chi connectivity index (χ1) is 8.39. The lowest BCUT2D eigenvalue weighted by Crippen LogP contribution is -2.55.